The van der Waals surface area contributed by atoms with Gasteiger partial charge in [-0.2, -0.15) is 9.78 Å². The minimum atomic E-state index is -0.318. The Hall–Kier alpha value is -3.62. The van der Waals surface area contributed by atoms with Gasteiger partial charge in [-0.05, 0) is 90.3 Å². The summed E-state index contributed by atoms with van der Waals surface area (Å²) >= 11 is 9.76. The molecule has 0 fully saturated rings. The molecule has 0 saturated heterocycles. The van der Waals surface area contributed by atoms with Crippen LogP contribution in [-0.4, -0.2) is 28.6 Å². The Kier molecular flexibility index (Phi) is 7.53. The van der Waals surface area contributed by atoms with Crippen molar-refractivity contribution >= 4 is 55.6 Å². The second-order valence-electron chi connectivity index (χ2n) is 8.71. The van der Waals surface area contributed by atoms with E-state index >= 15 is 0 Å². The number of ether oxygens (including phenoxy) is 2. The molecule has 0 radical (unpaired) electrons. The zero-order chi connectivity index (χ0) is 26.8. The van der Waals surface area contributed by atoms with Crippen LogP contribution in [0.15, 0.2) is 79.4 Å². The van der Waals surface area contributed by atoms with Crippen LogP contribution in [0.3, 0.4) is 0 Å². The number of benzene rings is 3. The van der Waals surface area contributed by atoms with Crippen LogP contribution in [0.5, 0.6) is 11.5 Å². The standard InChI is InChI=1S/C29H25BrClN3O4/c1-4-17(3)37-27-22(30)12-18(13-25(27)36-5-2)16-32-34-28(33-23-9-7-6-8-21(23)29(34)35)26-15-19-14-20(31)10-11-24(19)38-26/h6-17H,4-5H2,1-3H3/t17-/m1/s1. The van der Waals surface area contributed by atoms with Gasteiger partial charge in [0.05, 0.1) is 34.3 Å². The van der Waals surface area contributed by atoms with Crippen molar-refractivity contribution in [2.45, 2.75) is 33.3 Å². The van der Waals surface area contributed by atoms with Crippen molar-refractivity contribution in [3.05, 3.63) is 86.1 Å². The molecule has 2 heterocycles. The van der Waals surface area contributed by atoms with Crippen molar-refractivity contribution in [2.24, 2.45) is 5.10 Å². The minimum Gasteiger partial charge on any atom is -0.490 e. The Labute approximate surface area is 232 Å². The van der Waals surface area contributed by atoms with Gasteiger partial charge in [-0.3, -0.25) is 4.79 Å². The highest BCUT2D eigenvalue weighted by atomic mass is 79.9. The molecule has 0 aliphatic carbocycles. The number of furan rings is 1. The molecule has 0 unspecified atom stereocenters. The quantitative estimate of drug-likeness (QED) is 0.172. The van der Waals surface area contributed by atoms with Gasteiger partial charge in [0.1, 0.15) is 5.58 Å². The zero-order valence-corrected chi connectivity index (χ0v) is 23.4. The summed E-state index contributed by atoms with van der Waals surface area (Å²) in [6, 6.07) is 18.0. The average Bonchev–Trinajstić information content (AvgIpc) is 3.33. The maximum atomic E-state index is 13.6. The second kappa shape index (κ2) is 11.0. The number of aromatic nitrogens is 2. The summed E-state index contributed by atoms with van der Waals surface area (Å²) in [6.45, 7) is 6.45. The molecule has 0 aliphatic rings. The third kappa shape index (κ3) is 5.19. The average molecular weight is 595 g/mol. The first-order valence-electron chi connectivity index (χ1n) is 12.3. The maximum absolute atomic E-state index is 13.6. The topological polar surface area (TPSA) is 78.9 Å². The van der Waals surface area contributed by atoms with Gasteiger partial charge in [-0.1, -0.05) is 30.7 Å². The van der Waals surface area contributed by atoms with Gasteiger partial charge in [0, 0.05) is 10.4 Å². The molecule has 0 N–H and O–H groups in total. The Morgan fingerprint density at radius 3 is 2.76 bits per heavy atom. The van der Waals surface area contributed by atoms with Crippen LogP contribution in [0.25, 0.3) is 33.5 Å². The molecule has 0 saturated carbocycles. The molecule has 2 aromatic heterocycles. The summed E-state index contributed by atoms with van der Waals surface area (Å²) < 4.78 is 19.9. The van der Waals surface area contributed by atoms with E-state index in [1.807, 2.05) is 32.0 Å². The summed E-state index contributed by atoms with van der Waals surface area (Å²) in [6.07, 6.45) is 2.46. The van der Waals surface area contributed by atoms with E-state index < -0.39 is 0 Å². The van der Waals surface area contributed by atoms with E-state index in [9.17, 15) is 4.79 Å². The summed E-state index contributed by atoms with van der Waals surface area (Å²) in [5.74, 6) is 1.89. The van der Waals surface area contributed by atoms with Gasteiger partial charge in [0.25, 0.3) is 5.56 Å². The van der Waals surface area contributed by atoms with Crippen LogP contribution in [-0.2, 0) is 0 Å². The van der Waals surface area contributed by atoms with E-state index in [0.717, 1.165) is 16.3 Å². The Morgan fingerprint density at radius 2 is 1.97 bits per heavy atom. The highest BCUT2D eigenvalue weighted by molar-refractivity contribution is 9.10. The van der Waals surface area contributed by atoms with E-state index in [0.29, 0.717) is 50.9 Å². The van der Waals surface area contributed by atoms with Crippen LogP contribution in [0.2, 0.25) is 5.02 Å². The molecule has 5 rings (SSSR count). The smallest absolute Gasteiger partial charge is 0.282 e. The van der Waals surface area contributed by atoms with Gasteiger partial charge < -0.3 is 13.9 Å². The van der Waals surface area contributed by atoms with E-state index in [1.54, 1.807) is 48.7 Å². The summed E-state index contributed by atoms with van der Waals surface area (Å²) in [5, 5.41) is 6.38. The SMILES string of the molecule is CCOc1cc(C=Nn2c(-c3cc4cc(Cl)ccc4o3)nc3ccccc3c2=O)cc(Br)c1O[C@H](C)CC. The highest BCUT2D eigenvalue weighted by Gasteiger charge is 2.18. The number of fused-ring (bicyclic) bond motifs is 2. The fraction of sp³-hybridized carbons (Fsp3) is 0.207. The number of rotatable bonds is 8. The van der Waals surface area contributed by atoms with E-state index in [4.69, 9.17) is 30.5 Å². The number of halogens is 2. The molecule has 9 heteroatoms. The van der Waals surface area contributed by atoms with Crippen LogP contribution in [0.1, 0.15) is 32.8 Å². The number of hydrogen-bond donors (Lipinski definition) is 0. The van der Waals surface area contributed by atoms with E-state index in [1.165, 1.54) is 4.68 Å². The molecule has 1 atom stereocenters. The third-order valence-electron chi connectivity index (χ3n) is 6.00. The normalized spacial score (nSPS) is 12.4. The lowest BCUT2D eigenvalue weighted by Gasteiger charge is -2.18. The molecule has 0 spiro atoms. The van der Waals surface area contributed by atoms with Gasteiger partial charge in [-0.25, -0.2) is 4.98 Å². The van der Waals surface area contributed by atoms with Gasteiger partial charge in [-0.15, -0.1) is 0 Å². The number of nitrogens with zero attached hydrogens (tertiary/aromatic N) is 3. The van der Waals surface area contributed by atoms with Crippen molar-refractivity contribution in [2.75, 3.05) is 6.61 Å². The van der Waals surface area contributed by atoms with Gasteiger partial charge >= 0.3 is 0 Å². The Morgan fingerprint density at radius 1 is 1.16 bits per heavy atom. The summed E-state index contributed by atoms with van der Waals surface area (Å²) in [5.41, 5.74) is 1.57. The molecule has 7 nitrogen and oxygen atoms in total. The lowest BCUT2D eigenvalue weighted by molar-refractivity contribution is 0.202. The fourth-order valence-electron chi connectivity index (χ4n) is 3.96. The minimum absolute atomic E-state index is 0.0218. The molecular formula is C29H25BrClN3O4. The first-order chi connectivity index (χ1) is 18.4. The highest BCUT2D eigenvalue weighted by Crippen LogP contribution is 2.37. The second-order valence-corrected chi connectivity index (χ2v) is 10.00. The van der Waals surface area contributed by atoms with E-state index in [2.05, 4.69) is 28.0 Å². The number of para-hydroxylation sites is 1. The number of hydrogen-bond acceptors (Lipinski definition) is 6. The van der Waals surface area contributed by atoms with Crippen molar-refractivity contribution in [3.8, 4) is 23.1 Å². The third-order valence-corrected chi connectivity index (χ3v) is 6.82. The Bertz CT molecular complexity index is 1730. The van der Waals surface area contributed by atoms with Crippen LogP contribution in [0, 0.1) is 0 Å². The molecule has 0 bridgehead atoms. The van der Waals surface area contributed by atoms with Gasteiger partial charge in [0.2, 0.25) is 5.82 Å². The van der Waals surface area contributed by atoms with Crippen molar-refractivity contribution in [3.63, 3.8) is 0 Å². The summed E-state index contributed by atoms with van der Waals surface area (Å²) in [4.78, 5) is 18.3. The largest absolute Gasteiger partial charge is 0.490 e. The fourth-order valence-corrected chi connectivity index (χ4v) is 4.70. The monoisotopic (exact) mass is 593 g/mol. The van der Waals surface area contributed by atoms with Gasteiger partial charge in [0.15, 0.2) is 17.3 Å². The van der Waals surface area contributed by atoms with Crippen molar-refractivity contribution in [1.82, 2.24) is 9.66 Å². The summed E-state index contributed by atoms with van der Waals surface area (Å²) in [7, 11) is 0. The van der Waals surface area contributed by atoms with Crippen LogP contribution < -0.4 is 15.0 Å². The molecule has 0 aliphatic heterocycles. The van der Waals surface area contributed by atoms with Crippen LogP contribution in [0.4, 0.5) is 0 Å². The lowest BCUT2D eigenvalue weighted by atomic mass is 10.2. The maximum Gasteiger partial charge on any atom is 0.282 e. The lowest BCUT2D eigenvalue weighted by Crippen LogP contribution is -2.20. The first kappa shape index (κ1) is 26.0. The molecule has 194 valence electrons. The predicted molar refractivity (Wildman–Crippen MR) is 155 cm³/mol. The molecule has 0 amide bonds. The van der Waals surface area contributed by atoms with Crippen LogP contribution >= 0.6 is 27.5 Å². The predicted octanol–water partition coefficient (Wildman–Crippen LogP) is 7.68. The molecule has 38 heavy (non-hydrogen) atoms. The van der Waals surface area contributed by atoms with Crippen molar-refractivity contribution < 1.29 is 13.9 Å². The zero-order valence-electron chi connectivity index (χ0n) is 21.1. The molecule has 3 aromatic carbocycles. The van der Waals surface area contributed by atoms with E-state index in [-0.39, 0.29) is 17.5 Å². The first-order valence-corrected chi connectivity index (χ1v) is 13.4. The Balaban J connectivity index is 1.64. The molecule has 5 aromatic rings. The molecular weight excluding hydrogens is 570 g/mol. The van der Waals surface area contributed by atoms with Crippen molar-refractivity contribution in [1.29, 1.82) is 0 Å².